The number of aryl methyl sites for hydroxylation is 1. The molecule has 1 unspecified atom stereocenters. The first-order chi connectivity index (χ1) is 6.91. The highest BCUT2D eigenvalue weighted by molar-refractivity contribution is 7.90. The van der Waals surface area contributed by atoms with Crippen molar-refractivity contribution in [3.8, 4) is 0 Å². The fraction of sp³-hybridized carbons (Fsp3) is 0.455. The van der Waals surface area contributed by atoms with Gasteiger partial charge in [0.1, 0.15) is 0 Å². The zero-order chi connectivity index (χ0) is 11.5. The SMILES string of the molecule is CC(O)CCc1ccccc1S(C)(=O)=O. The summed E-state index contributed by atoms with van der Waals surface area (Å²) in [5, 5.41) is 9.16. The first-order valence-corrected chi connectivity index (χ1v) is 6.76. The van der Waals surface area contributed by atoms with Gasteiger partial charge in [0, 0.05) is 6.26 Å². The fourth-order valence-corrected chi connectivity index (χ4v) is 2.41. The molecule has 0 saturated carbocycles. The Labute approximate surface area is 90.7 Å². The summed E-state index contributed by atoms with van der Waals surface area (Å²) in [7, 11) is -3.16. The van der Waals surface area contributed by atoms with E-state index >= 15 is 0 Å². The predicted octanol–water partition coefficient (Wildman–Crippen LogP) is 1.40. The van der Waals surface area contributed by atoms with Crippen molar-refractivity contribution in [3.63, 3.8) is 0 Å². The van der Waals surface area contributed by atoms with Gasteiger partial charge in [0.2, 0.25) is 0 Å². The van der Waals surface area contributed by atoms with Crippen LogP contribution < -0.4 is 0 Å². The molecule has 0 spiro atoms. The van der Waals surface area contributed by atoms with Crippen LogP contribution in [0.4, 0.5) is 0 Å². The third kappa shape index (κ3) is 3.64. The van der Waals surface area contributed by atoms with E-state index in [1.54, 1.807) is 25.1 Å². The van der Waals surface area contributed by atoms with Crippen LogP contribution in [0.3, 0.4) is 0 Å². The molecular formula is C11H16O3S. The molecular weight excluding hydrogens is 212 g/mol. The second kappa shape index (κ2) is 4.77. The van der Waals surface area contributed by atoms with Crippen molar-refractivity contribution in [1.82, 2.24) is 0 Å². The topological polar surface area (TPSA) is 54.4 Å². The molecule has 0 radical (unpaired) electrons. The van der Waals surface area contributed by atoms with Crippen LogP contribution in [0.5, 0.6) is 0 Å². The molecule has 0 fully saturated rings. The van der Waals surface area contributed by atoms with Gasteiger partial charge in [0.15, 0.2) is 9.84 Å². The molecule has 84 valence electrons. The van der Waals surface area contributed by atoms with Gasteiger partial charge in [-0.25, -0.2) is 8.42 Å². The number of sulfone groups is 1. The van der Waals surface area contributed by atoms with E-state index in [1.807, 2.05) is 6.07 Å². The Hall–Kier alpha value is -0.870. The van der Waals surface area contributed by atoms with Crippen LogP contribution in [0.2, 0.25) is 0 Å². The Balaban J connectivity index is 2.98. The minimum atomic E-state index is -3.16. The Kier molecular flexibility index (Phi) is 3.88. The molecule has 0 heterocycles. The van der Waals surface area contributed by atoms with Crippen molar-refractivity contribution in [2.24, 2.45) is 0 Å². The number of hydrogen-bond acceptors (Lipinski definition) is 3. The summed E-state index contributed by atoms with van der Waals surface area (Å²) in [6.07, 6.45) is 1.96. The Morgan fingerprint density at radius 3 is 2.47 bits per heavy atom. The highest BCUT2D eigenvalue weighted by Gasteiger charge is 2.12. The van der Waals surface area contributed by atoms with Crippen molar-refractivity contribution in [1.29, 1.82) is 0 Å². The second-order valence-electron chi connectivity index (χ2n) is 3.77. The summed E-state index contributed by atoms with van der Waals surface area (Å²) in [6, 6.07) is 6.92. The van der Waals surface area contributed by atoms with E-state index in [4.69, 9.17) is 5.11 Å². The summed E-state index contributed by atoms with van der Waals surface area (Å²) >= 11 is 0. The molecule has 4 heteroatoms. The maximum absolute atomic E-state index is 11.4. The Morgan fingerprint density at radius 2 is 1.93 bits per heavy atom. The lowest BCUT2D eigenvalue weighted by molar-refractivity contribution is 0.184. The van der Waals surface area contributed by atoms with Gasteiger partial charge in [0.05, 0.1) is 11.0 Å². The quantitative estimate of drug-likeness (QED) is 0.847. The van der Waals surface area contributed by atoms with E-state index < -0.39 is 15.9 Å². The standard InChI is InChI=1S/C11H16O3S/c1-9(12)7-8-10-5-3-4-6-11(10)15(2,13)14/h3-6,9,12H,7-8H2,1-2H3. The van der Waals surface area contributed by atoms with Gasteiger partial charge in [-0.3, -0.25) is 0 Å². The second-order valence-corrected chi connectivity index (χ2v) is 5.75. The van der Waals surface area contributed by atoms with Crippen LogP contribution in [-0.2, 0) is 16.3 Å². The van der Waals surface area contributed by atoms with Gasteiger partial charge in [0.25, 0.3) is 0 Å². The fourth-order valence-electron chi connectivity index (χ4n) is 1.44. The summed E-state index contributed by atoms with van der Waals surface area (Å²) in [6.45, 7) is 1.70. The molecule has 0 aliphatic carbocycles. The van der Waals surface area contributed by atoms with Gasteiger partial charge >= 0.3 is 0 Å². The number of rotatable bonds is 4. The third-order valence-electron chi connectivity index (χ3n) is 2.20. The molecule has 0 aliphatic rings. The molecule has 0 amide bonds. The van der Waals surface area contributed by atoms with E-state index in [-0.39, 0.29) is 0 Å². The Morgan fingerprint density at radius 1 is 1.33 bits per heavy atom. The zero-order valence-electron chi connectivity index (χ0n) is 8.97. The molecule has 3 nitrogen and oxygen atoms in total. The number of aliphatic hydroxyl groups is 1. The Bertz CT molecular complexity index is 421. The van der Waals surface area contributed by atoms with Crippen molar-refractivity contribution in [3.05, 3.63) is 29.8 Å². The molecule has 0 bridgehead atoms. The zero-order valence-corrected chi connectivity index (χ0v) is 9.79. The highest BCUT2D eigenvalue weighted by atomic mass is 32.2. The van der Waals surface area contributed by atoms with Crippen molar-refractivity contribution >= 4 is 9.84 Å². The van der Waals surface area contributed by atoms with Crippen LogP contribution >= 0.6 is 0 Å². The monoisotopic (exact) mass is 228 g/mol. The summed E-state index contributed by atoms with van der Waals surface area (Å²) in [5.41, 5.74) is 0.779. The number of hydrogen-bond donors (Lipinski definition) is 1. The lowest BCUT2D eigenvalue weighted by Crippen LogP contribution is -2.06. The van der Waals surface area contributed by atoms with Crippen molar-refractivity contribution in [2.45, 2.75) is 30.8 Å². The highest BCUT2D eigenvalue weighted by Crippen LogP contribution is 2.17. The van der Waals surface area contributed by atoms with Gasteiger partial charge in [-0.1, -0.05) is 18.2 Å². The first kappa shape index (κ1) is 12.2. The van der Waals surface area contributed by atoms with Crippen LogP contribution in [0, 0.1) is 0 Å². The normalized spacial score (nSPS) is 13.8. The van der Waals surface area contributed by atoms with Crippen LogP contribution in [0.15, 0.2) is 29.2 Å². The largest absolute Gasteiger partial charge is 0.393 e. The molecule has 0 saturated heterocycles. The van der Waals surface area contributed by atoms with E-state index in [2.05, 4.69) is 0 Å². The predicted molar refractivity (Wildman–Crippen MR) is 59.6 cm³/mol. The average Bonchev–Trinajstić information content (AvgIpc) is 2.13. The molecule has 1 aromatic carbocycles. The maximum Gasteiger partial charge on any atom is 0.175 e. The molecule has 1 atom stereocenters. The summed E-state index contributed by atoms with van der Waals surface area (Å²) in [4.78, 5) is 0.366. The van der Waals surface area contributed by atoms with Crippen LogP contribution in [0.25, 0.3) is 0 Å². The molecule has 0 aliphatic heterocycles. The number of aliphatic hydroxyl groups excluding tert-OH is 1. The lowest BCUT2D eigenvalue weighted by atomic mass is 10.1. The molecule has 15 heavy (non-hydrogen) atoms. The third-order valence-corrected chi connectivity index (χ3v) is 3.40. The van der Waals surface area contributed by atoms with E-state index in [0.717, 1.165) is 5.56 Å². The lowest BCUT2D eigenvalue weighted by Gasteiger charge is -2.08. The smallest absolute Gasteiger partial charge is 0.175 e. The van der Waals surface area contributed by atoms with Crippen molar-refractivity contribution in [2.75, 3.05) is 6.26 Å². The molecule has 1 rings (SSSR count). The summed E-state index contributed by atoms with van der Waals surface area (Å²) in [5.74, 6) is 0. The first-order valence-electron chi connectivity index (χ1n) is 4.87. The minimum Gasteiger partial charge on any atom is -0.393 e. The van der Waals surface area contributed by atoms with E-state index in [1.165, 1.54) is 6.26 Å². The average molecular weight is 228 g/mol. The molecule has 1 aromatic rings. The molecule has 1 N–H and O–H groups in total. The summed E-state index contributed by atoms with van der Waals surface area (Å²) < 4.78 is 22.9. The van der Waals surface area contributed by atoms with Gasteiger partial charge in [-0.05, 0) is 31.4 Å². The van der Waals surface area contributed by atoms with Gasteiger partial charge in [-0.2, -0.15) is 0 Å². The van der Waals surface area contributed by atoms with Gasteiger partial charge in [-0.15, -0.1) is 0 Å². The minimum absolute atomic E-state index is 0.366. The van der Waals surface area contributed by atoms with E-state index in [0.29, 0.717) is 17.7 Å². The number of benzene rings is 1. The van der Waals surface area contributed by atoms with Crippen molar-refractivity contribution < 1.29 is 13.5 Å². The maximum atomic E-state index is 11.4. The molecule has 0 aromatic heterocycles. The van der Waals surface area contributed by atoms with E-state index in [9.17, 15) is 8.42 Å². The van der Waals surface area contributed by atoms with Crippen LogP contribution in [0.1, 0.15) is 18.9 Å². The van der Waals surface area contributed by atoms with Crippen LogP contribution in [-0.4, -0.2) is 25.9 Å². The van der Waals surface area contributed by atoms with Gasteiger partial charge < -0.3 is 5.11 Å².